The van der Waals surface area contributed by atoms with Gasteiger partial charge in [0.15, 0.2) is 0 Å². The van der Waals surface area contributed by atoms with Gasteiger partial charge in [0, 0.05) is 11.6 Å². The van der Waals surface area contributed by atoms with Crippen LogP contribution in [0.3, 0.4) is 0 Å². The lowest BCUT2D eigenvalue weighted by Gasteiger charge is -2.19. The molecule has 0 bridgehead atoms. The Labute approximate surface area is 115 Å². The second-order valence-electron chi connectivity index (χ2n) is 5.62. The topological polar surface area (TPSA) is 40.7 Å². The van der Waals surface area contributed by atoms with E-state index in [2.05, 4.69) is 15.5 Å². The lowest BCUT2D eigenvalue weighted by atomic mass is 10.1. The molecular formula is C14H16F3N3. The highest BCUT2D eigenvalue weighted by Gasteiger charge is 2.30. The first kappa shape index (κ1) is 14.4. The molecule has 0 radical (unpaired) electrons. The van der Waals surface area contributed by atoms with E-state index in [1.165, 1.54) is 12.1 Å². The summed E-state index contributed by atoms with van der Waals surface area (Å²) >= 11 is 0. The number of hydrogen-bond donors (Lipinski definition) is 2. The zero-order chi connectivity index (χ0) is 15.0. The first-order valence-electron chi connectivity index (χ1n) is 6.16. The van der Waals surface area contributed by atoms with Crippen LogP contribution in [0.2, 0.25) is 0 Å². The third kappa shape index (κ3) is 3.53. The summed E-state index contributed by atoms with van der Waals surface area (Å²) in [5, 5.41) is 10.1. The van der Waals surface area contributed by atoms with E-state index in [1.807, 2.05) is 20.8 Å². The number of rotatable bonds is 2. The number of benzene rings is 1. The van der Waals surface area contributed by atoms with Gasteiger partial charge in [-0.1, -0.05) is 12.1 Å². The summed E-state index contributed by atoms with van der Waals surface area (Å²) < 4.78 is 37.4. The molecule has 20 heavy (non-hydrogen) atoms. The van der Waals surface area contributed by atoms with Crippen LogP contribution in [0.25, 0.3) is 11.3 Å². The minimum Gasteiger partial charge on any atom is -0.364 e. The van der Waals surface area contributed by atoms with Crippen LogP contribution >= 0.6 is 0 Å². The molecule has 0 atom stereocenters. The molecule has 2 aromatic rings. The Hall–Kier alpha value is -1.98. The van der Waals surface area contributed by atoms with Crippen LogP contribution < -0.4 is 5.32 Å². The smallest absolute Gasteiger partial charge is 0.364 e. The summed E-state index contributed by atoms with van der Waals surface area (Å²) in [5.74, 6) is 0.660. The largest absolute Gasteiger partial charge is 0.416 e. The first-order chi connectivity index (χ1) is 9.15. The lowest BCUT2D eigenvalue weighted by Crippen LogP contribution is -2.26. The van der Waals surface area contributed by atoms with E-state index in [0.717, 1.165) is 12.1 Å². The quantitative estimate of drug-likeness (QED) is 0.862. The molecule has 6 heteroatoms. The summed E-state index contributed by atoms with van der Waals surface area (Å²) in [6, 6.07) is 6.75. The molecule has 0 aliphatic carbocycles. The number of halogens is 3. The van der Waals surface area contributed by atoms with E-state index in [1.54, 1.807) is 6.07 Å². The van der Waals surface area contributed by atoms with Crippen molar-refractivity contribution in [1.29, 1.82) is 0 Å². The Morgan fingerprint density at radius 1 is 1.05 bits per heavy atom. The molecule has 0 saturated carbocycles. The number of alkyl halides is 3. The maximum Gasteiger partial charge on any atom is 0.416 e. The molecule has 0 aliphatic rings. The second kappa shape index (κ2) is 4.85. The van der Waals surface area contributed by atoms with Crippen molar-refractivity contribution >= 4 is 5.82 Å². The molecule has 108 valence electrons. The summed E-state index contributed by atoms with van der Waals surface area (Å²) in [7, 11) is 0. The molecular weight excluding hydrogens is 267 g/mol. The fourth-order valence-corrected chi connectivity index (χ4v) is 1.76. The van der Waals surface area contributed by atoms with Gasteiger partial charge >= 0.3 is 6.18 Å². The number of nitrogens with zero attached hydrogens (tertiary/aromatic N) is 1. The number of nitrogens with one attached hydrogen (secondary N) is 2. The molecule has 2 rings (SSSR count). The highest BCUT2D eigenvalue weighted by atomic mass is 19.4. The minimum atomic E-state index is -4.31. The zero-order valence-electron chi connectivity index (χ0n) is 11.5. The monoisotopic (exact) mass is 283 g/mol. The molecule has 0 amide bonds. The number of anilines is 1. The normalized spacial score (nSPS) is 12.5. The molecule has 0 aliphatic heterocycles. The van der Waals surface area contributed by atoms with E-state index >= 15 is 0 Å². The fraction of sp³-hybridized carbons (Fsp3) is 0.357. The van der Waals surface area contributed by atoms with Crippen molar-refractivity contribution in [3.63, 3.8) is 0 Å². The van der Waals surface area contributed by atoms with Crippen molar-refractivity contribution in [1.82, 2.24) is 10.2 Å². The van der Waals surface area contributed by atoms with Crippen LogP contribution in [-0.4, -0.2) is 15.7 Å². The van der Waals surface area contributed by atoms with Crippen LogP contribution in [0.5, 0.6) is 0 Å². The van der Waals surface area contributed by atoms with Crippen molar-refractivity contribution in [2.24, 2.45) is 0 Å². The Kier molecular flexibility index (Phi) is 3.50. The molecule has 3 nitrogen and oxygen atoms in total. The SMILES string of the molecule is CC(C)(C)Nc1cc(-c2ccc(C(F)(F)F)cc2)[nH]n1. The van der Waals surface area contributed by atoms with Gasteiger partial charge in [0.05, 0.1) is 11.3 Å². The maximum atomic E-state index is 12.5. The third-order valence-electron chi connectivity index (χ3n) is 2.60. The molecule has 1 aromatic heterocycles. The second-order valence-corrected chi connectivity index (χ2v) is 5.62. The van der Waals surface area contributed by atoms with Crippen molar-refractivity contribution < 1.29 is 13.2 Å². The average molecular weight is 283 g/mol. The predicted octanol–water partition coefficient (Wildman–Crippen LogP) is 4.31. The van der Waals surface area contributed by atoms with E-state index in [0.29, 0.717) is 17.1 Å². The average Bonchev–Trinajstić information content (AvgIpc) is 2.74. The van der Waals surface area contributed by atoms with E-state index in [9.17, 15) is 13.2 Å². The van der Waals surface area contributed by atoms with Gasteiger partial charge in [-0.3, -0.25) is 5.10 Å². The molecule has 1 aromatic carbocycles. The Morgan fingerprint density at radius 3 is 2.15 bits per heavy atom. The highest BCUT2D eigenvalue weighted by Crippen LogP contribution is 2.31. The lowest BCUT2D eigenvalue weighted by molar-refractivity contribution is -0.137. The van der Waals surface area contributed by atoms with Gasteiger partial charge in [-0.2, -0.15) is 18.3 Å². The van der Waals surface area contributed by atoms with E-state index < -0.39 is 11.7 Å². The number of H-pyrrole nitrogens is 1. The fourth-order valence-electron chi connectivity index (χ4n) is 1.76. The molecule has 1 heterocycles. The van der Waals surface area contributed by atoms with Gasteiger partial charge in [0.25, 0.3) is 0 Å². The van der Waals surface area contributed by atoms with Crippen molar-refractivity contribution in [3.05, 3.63) is 35.9 Å². The number of hydrogen-bond acceptors (Lipinski definition) is 2. The minimum absolute atomic E-state index is 0.132. The van der Waals surface area contributed by atoms with Crippen LogP contribution in [0.1, 0.15) is 26.3 Å². The third-order valence-corrected chi connectivity index (χ3v) is 2.60. The molecule has 0 spiro atoms. The van der Waals surface area contributed by atoms with Crippen molar-refractivity contribution in [2.75, 3.05) is 5.32 Å². The number of aromatic amines is 1. The van der Waals surface area contributed by atoms with E-state index in [4.69, 9.17) is 0 Å². The van der Waals surface area contributed by atoms with Crippen LogP contribution in [0.15, 0.2) is 30.3 Å². The van der Waals surface area contributed by atoms with Crippen LogP contribution in [-0.2, 0) is 6.18 Å². The van der Waals surface area contributed by atoms with Gasteiger partial charge in [-0.25, -0.2) is 0 Å². The van der Waals surface area contributed by atoms with Crippen LogP contribution in [0.4, 0.5) is 19.0 Å². The van der Waals surface area contributed by atoms with E-state index in [-0.39, 0.29) is 5.54 Å². The van der Waals surface area contributed by atoms with Crippen LogP contribution in [0, 0.1) is 0 Å². The van der Waals surface area contributed by atoms with Crippen molar-refractivity contribution in [3.8, 4) is 11.3 Å². The molecule has 2 N–H and O–H groups in total. The molecule has 0 fully saturated rings. The van der Waals surface area contributed by atoms with Crippen molar-refractivity contribution in [2.45, 2.75) is 32.5 Å². The summed E-state index contributed by atoms with van der Waals surface area (Å²) in [6.45, 7) is 6.00. The standard InChI is InChI=1S/C14H16F3N3/c1-13(2,3)18-12-8-11(19-20-12)9-4-6-10(7-5-9)14(15,16)17/h4-8H,1-3H3,(H2,18,19,20). The Balaban J connectivity index is 2.20. The number of aromatic nitrogens is 2. The molecule has 0 unspecified atom stereocenters. The summed E-state index contributed by atoms with van der Waals surface area (Å²) in [5.41, 5.74) is 0.541. The van der Waals surface area contributed by atoms with Gasteiger partial charge in [0.2, 0.25) is 0 Å². The molecule has 0 saturated heterocycles. The van der Waals surface area contributed by atoms with Gasteiger partial charge in [-0.15, -0.1) is 0 Å². The first-order valence-corrected chi connectivity index (χ1v) is 6.16. The highest BCUT2D eigenvalue weighted by molar-refractivity contribution is 5.63. The predicted molar refractivity (Wildman–Crippen MR) is 72.4 cm³/mol. The van der Waals surface area contributed by atoms with Gasteiger partial charge in [0.1, 0.15) is 5.82 Å². The Bertz CT molecular complexity index is 577. The summed E-state index contributed by atoms with van der Waals surface area (Å²) in [4.78, 5) is 0. The van der Waals surface area contributed by atoms with Gasteiger partial charge < -0.3 is 5.32 Å². The summed E-state index contributed by atoms with van der Waals surface area (Å²) in [6.07, 6.45) is -4.31. The zero-order valence-corrected chi connectivity index (χ0v) is 11.5. The Morgan fingerprint density at radius 2 is 1.65 bits per heavy atom. The maximum absolute atomic E-state index is 12.5. The van der Waals surface area contributed by atoms with Gasteiger partial charge in [-0.05, 0) is 38.5 Å².